The van der Waals surface area contributed by atoms with E-state index in [0.717, 1.165) is 11.1 Å². The van der Waals surface area contributed by atoms with Crippen LogP contribution in [-0.4, -0.2) is 31.9 Å². The quantitative estimate of drug-likeness (QED) is 0.447. The SMILES string of the molecule is O=C(CSc1nnc(-c2ccccc2)c(-c2ccccc2)n1)Nc1cccc(O)c1. The van der Waals surface area contributed by atoms with E-state index >= 15 is 0 Å². The molecule has 0 atom stereocenters. The Bertz CT molecular complexity index is 1150. The molecule has 0 aliphatic rings. The first-order valence-corrected chi connectivity index (χ1v) is 10.2. The summed E-state index contributed by atoms with van der Waals surface area (Å²) in [7, 11) is 0. The number of phenols is 1. The molecule has 0 radical (unpaired) electrons. The van der Waals surface area contributed by atoms with Gasteiger partial charge >= 0.3 is 0 Å². The van der Waals surface area contributed by atoms with E-state index in [9.17, 15) is 9.90 Å². The molecule has 0 saturated heterocycles. The van der Waals surface area contributed by atoms with Gasteiger partial charge in [0.15, 0.2) is 0 Å². The summed E-state index contributed by atoms with van der Waals surface area (Å²) >= 11 is 1.21. The first-order chi connectivity index (χ1) is 14.7. The molecule has 7 heteroatoms. The van der Waals surface area contributed by atoms with Gasteiger partial charge in [-0.3, -0.25) is 4.79 Å². The van der Waals surface area contributed by atoms with Crippen LogP contribution in [0.1, 0.15) is 0 Å². The summed E-state index contributed by atoms with van der Waals surface area (Å²) in [6.45, 7) is 0. The molecule has 0 spiro atoms. The van der Waals surface area contributed by atoms with Gasteiger partial charge in [-0.2, -0.15) is 0 Å². The number of aromatic nitrogens is 3. The van der Waals surface area contributed by atoms with Gasteiger partial charge in [-0.1, -0.05) is 78.5 Å². The lowest BCUT2D eigenvalue weighted by Gasteiger charge is -2.09. The number of thioether (sulfide) groups is 1. The molecule has 0 fully saturated rings. The van der Waals surface area contributed by atoms with Crippen LogP contribution in [0, 0.1) is 0 Å². The Morgan fingerprint density at radius 1 is 0.833 bits per heavy atom. The molecule has 0 unspecified atom stereocenters. The third-order valence-corrected chi connectivity index (χ3v) is 5.06. The largest absolute Gasteiger partial charge is 0.508 e. The minimum Gasteiger partial charge on any atom is -0.508 e. The van der Waals surface area contributed by atoms with Crippen LogP contribution in [-0.2, 0) is 4.79 Å². The molecule has 30 heavy (non-hydrogen) atoms. The summed E-state index contributed by atoms with van der Waals surface area (Å²) in [4.78, 5) is 16.9. The van der Waals surface area contributed by atoms with Crippen LogP contribution in [0.15, 0.2) is 90.1 Å². The molecule has 1 aromatic heterocycles. The summed E-state index contributed by atoms with van der Waals surface area (Å²) in [6, 6.07) is 26.0. The molecule has 3 aromatic carbocycles. The number of amides is 1. The van der Waals surface area contributed by atoms with Gasteiger partial charge in [0.25, 0.3) is 0 Å². The standard InChI is InChI=1S/C23H18N4O2S/c28-19-13-7-12-18(14-19)24-20(29)15-30-23-25-21(16-8-3-1-4-9-16)22(26-27-23)17-10-5-2-6-11-17/h1-14,28H,15H2,(H,24,29). The van der Waals surface area contributed by atoms with E-state index in [0.29, 0.717) is 22.2 Å². The monoisotopic (exact) mass is 414 g/mol. The Balaban J connectivity index is 1.55. The van der Waals surface area contributed by atoms with Gasteiger partial charge in [0, 0.05) is 22.9 Å². The summed E-state index contributed by atoms with van der Waals surface area (Å²) in [5.41, 5.74) is 3.79. The second kappa shape index (κ2) is 9.19. The zero-order valence-corrected chi connectivity index (χ0v) is 16.7. The van der Waals surface area contributed by atoms with Crippen LogP contribution in [0.2, 0.25) is 0 Å². The van der Waals surface area contributed by atoms with Crippen molar-refractivity contribution in [2.45, 2.75) is 5.16 Å². The van der Waals surface area contributed by atoms with E-state index in [1.54, 1.807) is 18.2 Å². The van der Waals surface area contributed by atoms with E-state index in [2.05, 4.69) is 20.5 Å². The Morgan fingerprint density at radius 2 is 1.50 bits per heavy atom. The molecule has 4 aromatic rings. The van der Waals surface area contributed by atoms with E-state index in [1.807, 2.05) is 60.7 Å². The minimum absolute atomic E-state index is 0.0944. The van der Waals surface area contributed by atoms with Crippen LogP contribution in [0.3, 0.4) is 0 Å². The van der Waals surface area contributed by atoms with E-state index in [-0.39, 0.29) is 17.4 Å². The van der Waals surface area contributed by atoms with Crippen molar-refractivity contribution in [1.82, 2.24) is 15.2 Å². The molecule has 1 heterocycles. The van der Waals surface area contributed by atoms with Gasteiger partial charge in [-0.25, -0.2) is 4.98 Å². The fraction of sp³-hybridized carbons (Fsp3) is 0.0435. The predicted octanol–water partition coefficient (Wildman–Crippen LogP) is 4.64. The second-order valence-electron chi connectivity index (χ2n) is 6.41. The number of rotatable bonds is 6. The Morgan fingerprint density at radius 3 is 2.17 bits per heavy atom. The number of nitrogens with zero attached hydrogens (tertiary/aromatic N) is 3. The fourth-order valence-corrected chi connectivity index (χ4v) is 3.46. The van der Waals surface area contributed by atoms with E-state index < -0.39 is 0 Å². The number of benzene rings is 3. The zero-order chi connectivity index (χ0) is 20.8. The topological polar surface area (TPSA) is 88.0 Å². The van der Waals surface area contributed by atoms with Crippen molar-refractivity contribution >= 4 is 23.4 Å². The maximum Gasteiger partial charge on any atom is 0.234 e. The van der Waals surface area contributed by atoms with Gasteiger partial charge in [0.05, 0.1) is 5.75 Å². The minimum atomic E-state index is -0.220. The van der Waals surface area contributed by atoms with Crippen molar-refractivity contribution < 1.29 is 9.90 Å². The second-order valence-corrected chi connectivity index (χ2v) is 7.35. The number of hydrogen-bond donors (Lipinski definition) is 2. The third-order valence-electron chi connectivity index (χ3n) is 4.22. The summed E-state index contributed by atoms with van der Waals surface area (Å²) in [6.07, 6.45) is 0. The van der Waals surface area contributed by atoms with Crippen molar-refractivity contribution in [2.24, 2.45) is 0 Å². The lowest BCUT2D eigenvalue weighted by Crippen LogP contribution is -2.14. The molecule has 1 amide bonds. The lowest BCUT2D eigenvalue weighted by atomic mass is 10.0. The molecule has 0 saturated carbocycles. The molecule has 0 bridgehead atoms. The maximum absolute atomic E-state index is 12.3. The lowest BCUT2D eigenvalue weighted by molar-refractivity contribution is -0.113. The fourth-order valence-electron chi connectivity index (χ4n) is 2.87. The van der Waals surface area contributed by atoms with Crippen molar-refractivity contribution in [3.05, 3.63) is 84.9 Å². The number of carbonyl (C=O) groups is 1. The highest BCUT2D eigenvalue weighted by Crippen LogP contribution is 2.29. The number of hydrogen-bond acceptors (Lipinski definition) is 6. The molecular formula is C23H18N4O2S. The number of anilines is 1. The smallest absolute Gasteiger partial charge is 0.234 e. The first kappa shape index (κ1) is 19.6. The van der Waals surface area contributed by atoms with Crippen LogP contribution >= 0.6 is 11.8 Å². The molecular weight excluding hydrogens is 396 g/mol. The van der Waals surface area contributed by atoms with E-state index in [1.165, 1.54) is 17.8 Å². The normalized spacial score (nSPS) is 10.5. The van der Waals surface area contributed by atoms with Gasteiger partial charge in [-0.15, -0.1) is 10.2 Å². The summed E-state index contributed by atoms with van der Waals surface area (Å²) < 4.78 is 0. The van der Waals surface area contributed by atoms with Gasteiger partial charge in [-0.05, 0) is 12.1 Å². The summed E-state index contributed by atoms with van der Waals surface area (Å²) in [5.74, 6) is -0.00410. The Hall–Kier alpha value is -3.71. The molecule has 4 rings (SSSR count). The van der Waals surface area contributed by atoms with Gasteiger partial charge in [0.1, 0.15) is 17.1 Å². The van der Waals surface area contributed by atoms with Crippen molar-refractivity contribution in [3.8, 4) is 28.3 Å². The van der Waals surface area contributed by atoms with Gasteiger partial charge < -0.3 is 10.4 Å². The average Bonchev–Trinajstić information content (AvgIpc) is 2.79. The van der Waals surface area contributed by atoms with Crippen molar-refractivity contribution in [3.63, 3.8) is 0 Å². The van der Waals surface area contributed by atoms with E-state index in [4.69, 9.17) is 0 Å². The van der Waals surface area contributed by atoms with Crippen LogP contribution in [0.4, 0.5) is 5.69 Å². The highest BCUT2D eigenvalue weighted by atomic mass is 32.2. The number of nitrogens with one attached hydrogen (secondary N) is 1. The Labute approximate surface area is 178 Å². The van der Waals surface area contributed by atoms with Crippen molar-refractivity contribution in [2.75, 3.05) is 11.1 Å². The van der Waals surface area contributed by atoms with Gasteiger partial charge in [0.2, 0.25) is 11.1 Å². The Kier molecular flexibility index (Phi) is 6.01. The number of phenolic OH excluding ortho intramolecular Hbond substituents is 1. The predicted molar refractivity (Wildman–Crippen MR) is 118 cm³/mol. The van der Waals surface area contributed by atoms with Crippen LogP contribution in [0.5, 0.6) is 5.75 Å². The van der Waals surface area contributed by atoms with Crippen molar-refractivity contribution in [1.29, 1.82) is 0 Å². The molecule has 2 N–H and O–H groups in total. The first-order valence-electron chi connectivity index (χ1n) is 9.26. The molecule has 0 aliphatic heterocycles. The zero-order valence-electron chi connectivity index (χ0n) is 15.9. The highest BCUT2D eigenvalue weighted by molar-refractivity contribution is 7.99. The number of carbonyl (C=O) groups excluding carboxylic acids is 1. The van der Waals surface area contributed by atoms with Crippen LogP contribution in [0.25, 0.3) is 22.5 Å². The third kappa shape index (κ3) is 4.82. The molecule has 0 aliphatic carbocycles. The molecule has 148 valence electrons. The summed E-state index contributed by atoms with van der Waals surface area (Å²) in [5, 5.41) is 21.3. The highest BCUT2D eigenvalue weighted by Gasteiger charge is 2.14. The van der Waals surface area contributed by atoms with Crippen LogP contribution < -0.4 is 5.32 Å². The molecule has 6 nitrogen and oxygen atoms in total. The number of aromatic hydroxyl groups is 1. The average molecular weight is 414 g/mol. The maximum atomic E-state index is 12.3.